The Kier molecular flexibility index (Phi) is 4.09. The van der Waals surface area contributed by atoms with Crippen LogP contribution in [0.4, 0.5) is 0 Å². The Labute approximate surface area is 122 Å². The van der Waals surface area contributed by atoms with E-state index in [0.29, 0.717) is 0 Å². The second-order valence-corrected chi connectivity index (χ2v) is 9.40. The number of hydrogen-bond acceptors (Lipinski definition) is 8. The molecule has 0 fully saturated rings. The highest BCUT2D eigenvalue weighted by Crippen LogP contribution is 2.58. The SMILES string of the molecule is [S-]C1=C([S-])SC(=C2SC([S-])=C([S-])S2)S1. The topological polar surface area (TPSA) is 0 Å². The fourth-order valence-corrected chi connectivity index (χ4v) is 7.02. The van der Waals surface area contributed by atoms with E-state index >= 15 is 0 Å². The Morgan fingerprint density at radius 1 is 0.500 bits per heavy atom. The van der Waals surface area contributed by atoms with Crippen molar-refractivity contribution in [1.29, 1.82) is 0 Å². The van der Waals surface area contributed by atoms with E-state index in [2.05, 4.69) is 0 Å². The summed E-state index contributed by atoms with van der Waals surface area (Å²) in [6.07, 6.45) is 0. The third-order valence-corrected chi connectivity index (χ3v) is 8.72. The fraction of sp³-hybridized carbons (Fsp3) is 0. The van der Waals surface area contributed by atoms with Gasteiger partial charge in [-0.1, -0.05) is 0 Å². The van der Waals surface area contributed by atoms with Crippen molar-refractivity contribution in [2.45, 2.75) is 0 Å². The largest absolute Gasteiger partial charge is 0.774 e. The molecule has 2 heterocycles. The highest BCUT2D eigenvalue weighted by Gasteiger charge is 2.16. The van der Waals surface area contributed by atoms with Gasteiger partial charge in [0, 0.05) is 0 Å². The van der Waals surface area contributed by atoms with Crippen molar-refractivity contribution < 1.29 is 0 Å². The molecule has 0 spiro atoms. The van der Waals surface area contributed by atoms with Crippen molar-refractivity contribution in [3.63, 3.8) is 0 Å². The van der Waals surface area contributed by atoms with Crippen LogP contribution in [0.3, 0.4) is 0 Å². The summed E-state index contributed by atoms with van der Waals surface area (Å²) in [6.45, 7) is 0. The molecule has 0 bridgehead atoms. The van der Waals surface area contributed by atoms with Crippen LogP contribution in [0.2, 0.25) is 0 Å². The van der Waals surface area contributed by atoms with Gasteiger partial charge in [0.05, 0.1) is 8.47 Å². The van der Waals surface area contributed by atoms with E-state index in [0.717, 1.165) is 25.4 Å². The molecule has 2 rings (SSSR count). The van der Waals surface area contributed by atoms with Gasteiger partial charge in [0.25, 0.3) is 0 Å². The number of thioether (sulfide) groups is 4. The molecule has 0 radical (unpaired) electrons. The Hall–Kier alpha value is 1.50. The first kappa shape index (κ1) is 12.0. The van der Waals surface area contributed by atoms with Crippen molar-refractivity contribution in [2.24, 2.45) is 0 Å². The van der Waals surface area contributed by atoms with Crippen LogP contribution in [0.25, 0.3) is 0 Å². The first-order valence-electron chi connectivity index (χ1n) is 3.20. The lowest BCUT2D eigenvalue weighted by Crippen LogP contribution is -1.66. The van der Waals surface area contributed by atoms with Crippen molar-refractivity contribution >= 4 is 97.6 Å². The lowest BCUT2D eigenvalue weighted by molar-refractivity contribution is 2.37. The molecule has 0 saturated heterocycles. The summed E-state index contributed by atoms with van der Waals surface area (Å²) in [7, 11) is 0. The van der Waals surface area contributed by atoms with Crippen LogP contribution in [-0.4, -0.2) is 0 Å². The van der Waals surface area contributed by atoms with Gasteiger partial charge in [-0.05, 0) is 0 Å². The van der Waals surface area contributed by atoms with Gasteiger partial charge in [-0.2, -0.15) is 0 Å². The minimum Gasteiger partial charge on any atom is -0.774 e. The molecule has 0 aromatic heterocycles. The van der Waals surface area contributed by atoms with E-state index in [1.807, 2.05) is 0 Å². The molecule has 0 unspecified atom stereocenters. The van der Waals surface area contributed by atoms with Gasteiger partial charge in [0.2, 0.25) is 0 Å². The molecule has 0 nitrogen and oxygen atoms in total. The predicted octanol–water partition coefficient (Wildman–Crippen LogP) is 3.51. The Morgan fingerprint density at radius 3 is 0.929 bits per heavy atom. The number of hydrogen-bond donors (Lipinski definition) is 0. The van der Waals surface area contributed by atoms with E-state index in [9.17, 15) is 0 Å². The third-order valence-electron chi connectivity index (χ3n) is 1.24. The minimum absolute atomic E-state index is 0.789. The Bertz CT molecular complexity index is 307. The quantitative estimate of drug-likeness (QED) is 0.612. The van der Waals surface area contributed by atoms with Gasteiger partial charge in [-0.25, -0.2) is 0 Å². The average molecular weight is 329 g/mol. The van der Waals surface area contributed by atoms with Gasteiger partial charge in [0.1, 0.15) is 0 Å². The van der Waals surface area contributed by atoms with Crippen LogP contribution in [0.5, 0.6) is 0 Å². The molecule has 0 aromatic rings. The van der Waals surface area contributed by atoms with E-state index in [-0.39, 0.29) is 0 Å². The number of rotatable bonds is 0. The van der Waals surface area contributed by atoms with Crippen molar-refractivity contribution in [1.82, 2.24) is 0 Å². The van der Waals surface area contributed by atoms with Crippen LogP contribution < -0.4 is 0 Å². The van der Waals surface area contributed by atoms with E-state index in [1.54, 1.807) is 47.0 Å². The zero-order valence-electron chi connectivity index (χ0n) is 6.27. The molecule has 0 aromatic carbocycles. The molecule has 14 heavy (non-hydrogen) atoms. The van der Waals surface area contributed by atoms with E-state index in [4.69, 9.17) is 50.5 Å². The molecular formula is C6S8-4. The molecule has 0 saturated carbocycles. The van der Waals surface area contributed by atoms with Gasteiger partial charge < -0.3 is 50.5 Å². The molecule has 2 aliphatic heterocycles. The second-order valence-electron chi connectivity index (χ2n) is 2.13. The Balaban J connectivity index is 2.17. The van der Waals surface area contributed by atoms with Gasteiger partial charge in [-0.15, -0.1) is 64.0 Å². The highest BCUT2D eigenvalue weighted by molar-refractivity contribution is 8.39. The van der Waals surface area contributed by atoms with Crippen molar-refractivity contribution in [2.75, 3.05) is 0 Å². The molecule has 8 heteroatoms. The smallest absolute Gasteiger partial charge is 0.0663 e. The molecule has 0 aliphatic carbocycles. The van der Waals surface area contributed by atoms with Crippen LogP contribution in [0.1, 0.15) is 0 Å². The highest BCUT2D eigenvalue weighted by atomic mass is 32.2. The summed E-state index contributed by atoms with van der Waals surface area (Å²) in [6, 6.07) is 0. The maximum atomic E-state index is 5.10. The summed E-state index contributed by atoms with van der Waals surface area (Å²) in [5, 5.41) is 0. The summed E-state index contributed by atoms with van der Waals surface area (Å²) >= 11 is 26.6. The van der Waals surface area contributed by atoms with Gasteiger partial charge >= 0.3 is 0 Å². The molecule has 2 aliphatic rings. The van der Waals surface area contributed by atoms with E-state index in [1.165, 1.54) is 0 Å². The van der Waals surface area contributed by atoms with Crippen molar-refractivity contribution in [3.8, 4) is 0 Å². The summed E-state index contributed by atoms with van der Waals surface area (Å²) in [5.41, 5.74) is 0. The molecule has 0 amide bonds. The zero-order valence-corrected chi connectivity index (χ0v) is 12.8. The van der Waals surface area contributed by atoms with Crippen molar-refractivity contribution in [3.05, 3.63) is 25.4 Å². The molecular weight excluding hydrogens is 329 g/mol. The zero-order chi connectivity index (χ0) is 10.3. The molecule has 76 valence electrons. The third kappa shape index (κ3) is 2.42. The lowest BCUT2D eigenvalue weighted by Gasteiger charge is -2.11. The lowest BCUT2D eigenvalue weighted by atomic mass is 11.2. The van der Waals surface area contributed by atoms with Crippen LogP contribution in [0, 0.1) is 0 Å². The average Bonchev–Trinajstić information content (AvgIpc) is 2.60. The monoisotopic (exact) mass is 328 g/mol. The molecule has 0 N–H and O–H groups in total. The fourth-order valence-electron chi connectivity index (χ4n) is 0.712. The summed E-state index contributed by atoms with van der Waals surface area (Å²) in [4.78, 5) is 0. The van der Waals surface area contributed by atoms with Crippen LogP contribution in [0.15, 0.2) is 25.4 Å². The normalized spacial score (nSPS) is 22.9. The summed E-state index contributed by atoms with van der Waals surface area (Å²) in [5.74, 6) is 0. The first-order valence-corrected chi connectivity index (χ1v) is 8.10. The maximum Gasteiger partial charge on any atom is 0.0663 e. The predicted molar refractivity (Wildman–Crippen MR) is 80.9 cm³/mol. The van der Waals surface area contributed by atoms with Gasteiger partial charge in [0.15, 0.2) is 0 Å². The van der Waals surface area contributed by atoms with Crippen LogP contribution >= 0.6 is 47.0 Å². The van der Waals surface area contributed by atoms with Crippen LogP contribution in [-0.2, 0) is 50.5 Å². The maximum absolute atomic E-state index is 5.10. The standard InChI is InChI=1S/C6H4S8/c7-1-2(8)12-5(11-1)6-13-3(9)4(10)14-6/h7-10H/p-4. The van der Waals surface area contributed by atoms with Gasteiger partial charge in [-0.3, -0.25) is 0 Å². The summed E-state index contributed by atoms with van der Waals surface area (Å²) < 4.78 is 5.43. The molecule has 0 atom stereocenters. The first-order chi connectivity index (χ1) is 6.58. The van der Waals surface area contributed by atoms with E-state index < -0.39 is 0 Å². The second kappa shape index (κ2) is 4.79. The minimum atomic E-state index is 0.789. The Morgan fingerprint density at radius 2 is 0.714 bits per heavy atom.